The van der Waals surface area contributed by atoms with Gasteiger partial charge in [0.15, 0.2) is 11.5 Å². The number of hydrogen-bond donors (Lipinski definition) is 2. The van der Waals surface area contributed by atoms with Crippen molar-refractivity contribution in [3.05, 3.63) is 82.9 Å². The van der Waals surface area contributed by atoms with Gasteiger partial charge in [0.2, 0.25) is 11.7 Å². The molecular weight excluding hydrogens is 522 g/mol. The van der Waals surface area contributed by atoms with Gasteiger partial charge >= 0.3 is 0 Å². The molecule has 2 amide bonds. The van der Waals surface area contributed by atoms with Crippen LogP contribution in [0.4, 0.5) is 0 Å². The quantitative estimate of drug-likeness (QED) is 0.423. The van der Waals surface area contributed by atoms with Crippen molar-refractivity contribution in [3.63, 3.8) is 0 Å². The van der Waals surface area contributed by atoms with Gasteiger partial charge < -0.3 is 29.6 Å². The topological polar surface area (TPSA) is 98.4 Å². The Morgan fingerprint density at radius 1 is 0.902 bits per heavy atom. The SMILES string of the molecule is COc1cc(CNC(=O)c2cccc3c2CN(Cc2ccccc2)CC(=O)NCCCCCO3)cc(OC)c1OC. The number of rotatable bonds is 8. The molecular formula is C32H39N3O6. The number of carbonyl (C=O) groups excluding carboxylic acids is 2. The lowest BCUT2D eigenvalue weighted by atomic mass is 10.0. The minimum Gasteiger partial charge on any atom is -0.493 e. The maximum atomic E-state index is 13.6. The summed E-state index contributed by atoms with van der Waals surface area (Å²) in [4.78, 5) is 28.5. The van der Waals surface area contributed by atoms with E-state index in [9.17, 15) is 9.59 Å². The van der Waals surface area contributed by atoms with Crippen molar-refractivity contribution in [2.75, 3.05) is 41.0 Å². The predicted molar refractivity (Wildman–Crippen MR) is 157 cm³/mol. The third-order valence-electron chi connectivity index (χ3n) is 6.95. The van der Waals surface area contributed by atoms with Gasteiger partial charge in [-0.2, -0.15) is 0 Å². The molecule has 4 rings (SSSR count). The van der Waals surface area contributed by atoms with Gasteiger partial charge in [0.1, 0.15) is 5.75 Å². The Labute approximate surface area is 241 Å². The zero-order valence-electron chi connectivity index (χ0n) is 24.0. The number of nitrogens with zero attached hydrogens (tertiary/aromatic N) is 1. The lowest BCUT2D eigenvalue weighted by molar-refractivity contribution is -0.122. The summed E-state index contributed by atoms with van der Waals surface area (Å²) in [5, 5.41) is 6.06. The molecule has 0 aromatic heterocycles. The summed E-state index contributed by atoms with van der Waals surface area (Å²) in [5.74, 6) is 1.89. The van der Waals surface area contributed by atoms with E-state index in [4.69, 9.17) is 18.9 Å². The van der Waals surface area contributed by atoms with Crippen LogP contribution in [-0.2, 0) is 24.4 Å². The maximum absolute atomic E-state index is 13.6. The van der Waals surface area contributed by atoms with Crippen LogP contribution in [0.15, 0.2) is 60.7 Å². The van der Waals surface area contributed by atoms with E-state index in [2.05, 4.69) is 10.6 Å². The molecule has 0 saturated carbocycles. The van der Waals surface area contributed by atoms with Crippen molar-refractivity contribution >= 4 is 11.8 Å². The van der Waals surface area contributed by atoms with Gasteiger partial charge in [0.05, 0.1) is 34.5 Å². The molecule has 41 heavy (non-hydrogen) atoms. The molecule has 3 aromatic carbocycles. The molecule has 218 valence electrons. The predicted octanol–water partition coefficient (Wildman–Crippen LogP) is 4.32. The number of amides is 2. The molecule has 0 saturated heterocycles. The Balaban J connectivity index is 1.62. The van der Waals surface area contributed by atoms with Crippen LogP contribution in [-0.4, -0.2) is 57.7 Å². The van der Waals surface area contributed by atoms with E-state index >= 15 is 0 Å². The highest BCUT2D eigenvalue weighted by Crippen LogP contribution is 2.38. The van der Waals surface area contributed by atoms with Crippen molar-refractivity contribution in [2.24, 2.45) is 0 Å². The number of ether oxygens (including phenoxy) is 4. The van der Waals surface area contributed by atoms with Gasteiger partial charge in [-0.1, -0.05) is 36.4 Å². The van der Waals surface area contributed by atoms with E-state index < -0.39 is 0 Å². The standard InChI is InChI=1S/C32H39N3O6/c1-38-28-17-24(18-29(39-2)31(28)40-3)19-34-32(37)25-13-10-14-27-26(25)21-35(20-23-11-6-4-7-12-23)22-30(36)33-15-8-5-9-16-41-27/h4,6-7,10-14,17-18H,5,8-9,15-16,19-22H2,1-3H3,(H,33,36)(H,34,37). The van der Waals surface area contributed by atoms with Gasteiger partial charge in [-0.15, -0.1) is 0 Å². The fourth-order valence-electron chi connectivity index (χ4n) is 4.90. The van der Waals surface area contributed by atoms with Crippen LogP contribution in [0.3, 0.4) is 0 Å². The van der Waals surface area contributed by atoms with E-state index in [1.807, 2.05) is 59.5 Å². The first-order valence-electron chi connectivity index (χ1n) is 13.9. The monoisotopic (exact) mass is 561 g/mol. The van der Waals surface area contributed by atoms with Crippen molar-refractivity contribution in [2.45, 2.75) is 38.9 Å². The molecule has 0 spiro atoms. The number of carbonyl (C=O) groups is 2. The fourth-order valence-corrected chi connectivity index (χ4v) is 4.90. The molecule has 0 fully saturated rings. The number of benzene rings is 3. The summed E-state index contributed by atoms with van der Waals surface area (Å²) in [6, 6.07) is 19.1. The van der Waals surface area contributed by atoms with E-state index in [1.165, 1.54) is 0 Å². The van der Waals surface area contributed by atoms with Crippen molar-refractivity contribution in [1.82, 2.24) is 15.5 Å². The molecule has 9 heteroatoms. The molecule has 9 nitrogen and oxygen atoms in total. The Morgan fingerprint density at radius 2 is 1.66 bits per heavy atom. The molecule has 2 N–H and O–H groups in total. The molecule has 0 bridgehead atoms. The number of fused-ring (bicyclic) bond motifs is 1. The van der Waals surface area contributed by atoms with Gasteiger partial charge in [-0.25, -0.2) is 0 Å². The van der Waals surface area contributed by atoms with Gasteiger partial charge in [0, 0.05) is 37.3 Å². The first-order chi connectivity index (χ1) is 20.0. The minimum absolute atomic E-state index is 0.0352. The maximum Gasteiger partial charge on any atom is 0.252 e. The lowest BCUT2D eigenvalue weighted by Gasteiger charge is -2.25. The summed E-state index contributed by atoms with van der Waals surface area (Å²) in [6.07, 6.45) is 2.70. The van der Waals surface area contributed by atoms with Crippen LogP contribution < -0.4 is 29.6 Å². The summed E-state index contributed by atoms with van der Waals surface area (Å²) in [5.41, 5.74) is 3.13. The van der Waals surface area contributed by atoms with E-state index in [1.54, 1.807) is 27.4 Å². The zero-order chi connectivity index (χ0) is 29.0. The van der Waals surface area contributed by atoms with Crippen molar-refractivity contribution in [1.29, 1.82) is 0 Å². The van der Waals surface area contributed by atoms with Crippen LogP contribution in [0, 0.1) is 0 Å². The second-order valence-corrected chi connectivity index (χ2v) is 9.89. The number of hydrogen-bond acceptors (Lipinski definition) is 7. The third kappa shape index (κ3) is 8.14. The van der Waals surface area contributed by atoms with E-state index in [-0.39, 0.29) is 24.9 Å². The summed E-state index contributed by atoms with van der Waals surface area (Å²) in [7, 11) is 4.66. The summed E-state index contributed by atoms with van der Waals surface area (Å²) < 4.78 is 22.5. The van der Waals surface area contributed by atoms with Crippen molar-refractivity contribution in [3.8, 4) is 23.0 Å². The second kappa shape index (κ2) is 14.9. The average Bonchev–Trinajstić information content (AvgIpc) is 3.00. The van der Waals surface area contributed by atoms with Crippen LogP contribution in [0.5, 0.6) is 23.0 Å². The van der Waals surface area contributed by atoms with Crippen LogP contribution in [0.1, 0.15) is 46.3 Å². The van der Waals surface area contributed by atoms with Crippen molar-refractivity contribution < 1.29 is 28.5 Å². The van der Waals surface area contributed by atoms with Crippen LogP contribution >= 0.6 is 0 Å². The van der Waals surface area contributed by atoms with Crippen LogP contribution in [0.2, 0.25) is 0 Å². The molecule has 0 aliphatic carbocycles. The molecule has 0 radical (unpaired) electrons. The molecule has 1 heterocycles. The van der Waals surface area contributed by atoms with E-state index in [0.29, 0.717) is 54.8 Å². The van der Waals surface area contributed by atoms with Crippen LogP contribution in [0.25, 0.3) is 0 Å². The fraction of sp³-hybridized carbons (Fsp3) is 0.375. The Bertz CT molecular complexity index is 1290. The zero-order valence-corrected chi connectivity index (χ0v) is 24.0. The van der Waals surface area contributed by atoms with Gasteiger partial charge in [-0.05, 0) is 54.7 Å². The van der Waals surface area contributed by atoms with E-state index in [0.717, 1.165) is 36.0 Å². The highest BCUT2D eigenvalue weighted by atomic mass is 16.5. The highest BCUT2D eigenvalue weighted by molar-refractivity contribution is 5.96. The number of nitrogens with one attached hydrogen (secondary N) is 2. The smallest absolute Gasteiger partial charge is 0.252 e. The summed E-state index contributed by atoms with van der Waals surface area (Å²) >= 11 is 0. The Kier molecular flexibility index (Phi) is 10.8. The molecule has 0 atom stereocenters. The van der Waals surface area contributed by atoms with Gasteiger partial charge in [0.25, 0.3) is 5.91 Å². The first kappa shape index (κ1) is 29.7. The number of methoxy groups -OCH3 is 3. The molecule has 1 aliphatic rings. The average molecular weight is 562 g/mol. The molecule has 3 aromatic rings. The highest BCUT2D eigenvalue weighted by Gasteiger charge is 2.22. The molecule has 1 aliphatic heterocycles. The summed E-state index contributed by atoms with van der Waals surface area (Å²) in [6.45, 7) is 2.54. The van der Waals surface area contributed by atoms with Gasteiger partial charge in [-0.3, -0.25) is 14.5 Å². The normalized spacial score (nSPS) is 14.7. The second-order valence-electron chi connectivity index (χ2n) is 9.89. The first-order valence-corrected chi connectivity index (χ1v) is 13.9. The third-order valence-corrected chi connectivity index (χ3v) is 6.95. The largest absolute Gasteiger partial charge is 0.493 e. The minimum atomic E-state index is -0.243. The molecule has 0 unspecified atom stereocenters. The lowest BCUT2D eigenvalue weighted by Crippen LogP contribution is -2.37. The Morgan fingerprint density at radius 3 is 2.37 bits per heavy atom. The Hall–Kier alpha value is -4.24.